The topological polar surface area (TPSA) is 41.4 Å². The smallest absolute Gasteiger partial charge is 0.275 e. The van der Waals surface area contributed by atoms with E-state index in [1.165, 1.54) is 10.7 Å². The zero-order valence-corrected chi connectivity index (χ0v) is 17.3. The molecular formula is C23H26F2N4O. The Morgan fingerprint density at radius 3 is 2.27 bits per heavy atom. The van der Waals surface area contributed by atoms with Crippen molar-refractivity contribution in [1.82, 2.24) is 19.6 Å². The third kappa shape index (κ3) is 4.27. The average molecular weight is 412 g/mol. The van der Waals surface area contributed by atoms with Gasteiger partial charge in [-0.3, -0.25) is 9.69 Å². The number of fused-ring (bicyclic) bond motifs is 1. The van der Waals surface area contributed by atoms with Crippen molar-refractivity contribution >= 4 is 10.8 Å². The second-order valence-corrected chi connectivity index (χ2v) is 8.28. The molecule has 5 nitrogen and oxygen atoms in total. The second kappa shape index (κ2) is 8.62. The van der Waals surface area contributed by atoms with E-state index in [0.717, 1.165) is 44.9 Å². The maximum atomic E-state index is 13.9. The maximum absolute atomic E-state index is 13.9. The Balaban J connectivity index is 1.67. The predicted octanol–water partition coefficient (Wildman–Crippen LogP) is 3.57. The third-order valence-corrected chi connectivity index (χ3v) is 5.48. The lowest BCUT2D eigenvalue weighted by Gasteiger charge is -2.35. The van der Waals surface area contributed by atoms with E-state index in [2.05, 4.69) is 28.7 Å². The zero-order valence-electron chi connectivity index (χ0n) is 17.3. The molecule has 2 aromatic carbocycles. The van der Waals surface area contributed by atoms with Gasteiger partial charge in [-0.15, -0.1) is 0 Å². The van der Waals surface area contributed by atoms with Crippen molar-refractivity contribution in [3.05, 3.63) is 64.5 Å². The predicted molar refractivity (Wildman–Crippen MR) is 114 cm³/mol. The molecule has 0 atom stereocenters. The number of hydrogen-bond donors (Lipinski definition) is 0. The van der Waals surface area contributed by atoms with Crippen molar-refractivity contribution in [3.63, 3.8) is 0 Å². The summed E-state index contributed by atoms with van der Waals surface area (Å²) >= 11 is 0. The molecule has 0 aliphatic carbocycles. The molecule has 3 aromatic rings. The molecule has 0 radical (unpaired) electrons. The molecule has 0 spiro atoms. The number of benzene rings is 2. The number of nitrogens with zero attached hydrogens (tertiary/aromatic N) is 4. The number of hydrogen-bond acceptors (Lipinski definition) is 4. The highest BCUT2D eigenvalue weighted by molar-refractivity contribution is 5.93. The minimum absolute atomic E-state index is 0.179. The Hall–Kier alpha value is -2.64. The fourth-order valence-corrected chi connectivity index (χ4v) is 4.01. The maximum Gasteiger partial charge on any atom is 0.275 e. The normalized spacial score (nSPS) is 15.9. The lowest BCUT2D eigenvalue weighted by Crippen LogP contribution is -2.48. The Labute approximate surface area is 174 Å². The van der Waals surface area contributed by atoms with Crippen LogP contribution in [0.4, 0.5) is 8.78 Å². The van der Waals surface area contributed by atoms with Crippen molar-refractivity contribution in [2.24, 2.45) is 5.92 Å². The van der Waals surface area contributed by atoms with Crippen molar-refractivity contribution in [3.8, 4) is 11.3 Å². The Morgan fingerprint density at radius 2 is 1.60 bits per heavy atom. The highest BCUT2D eigenvalue weighted by Gasteiger charge is 2.20. The summed E-state index contributed by atoms with van der Waals surface area (Å²) in [7, 11) is 0. The van der Waals surface area contributed by atoms with Crippen LogP contribution in [0.1, 0.15) is 13.8 Å². The van der Waals surface area contributed by atoms with Gasteiger partial charge in [0.05, 0.1) is 17.7 Å². The summed E-state index contributed by atoms with van der Waals surface area (Å²) in [6.07, 6.45) is 0. The standard InChI is InChI=1S/C23H26F2N4O/c1-16(2)14-27-9-11-28(12-10-27)15-29-23(30)19-6-4-3-5-18(19)22(26-29)17-7-8-20(24)21(25)13-17/h3-8,13,16H,9-12,14-15H2,1-2H3. The molecule has 4 rings (SSSR count). The van der Waals surface area contributed by atoms with Crippen LogP contribution in [0.25, 0.3) is 22.0 Å². The number of rotatable bonds is 5. The first-order chi connectivity index (χ1) is 14.4. The van der Waals surface area contributed by atoms with Crippen LogP contribution in [0.2, 0.25) is 0 Å². The monoisotopic (exact) mass is 412 g/mol. The van der Waals surface area contributed by atoms with Gasteiger partial charge in [-0.05, 0) is 30.2 Å². The Kier molecular flexibility index (Phi) is 5.92. The van der Waals surface area contributed by atoms with E-state index >= 15 is 0 Å². The van der Waals surface area contributed by atoms with Crippen molar-refractivity contribution in [1.29, 1.82) is 0 Å². The first-order valence-electron chi connectivity index (χ1n) is 10.3. The first kappa shape index (κ1) is 20.6. The molecule has 2 heterocycles. The molecule has 1 fully saturated rings. The van der Waals surface area contributed by atoms with Gasteiger partial charge in [0.2, 0.25) is 0 Å². The van der Waals surface area contributed by atoms with E-state index < -0.39 is 11.6 Å². The number of aromatic nitrogens is 2. The highest BCUT2D eigenvalue weighted by atomic mass is 19.2. The van der Waals surface area contributed by atoms with Crippen LogP contribution < -0.4 is 5.56 Å². The van der Waals surface area contributed by atoms with Gasteiger partial charge >= 0.3 is 0 Å². The fourth-order valence-electron chi connectivity index (χ4n) is 4.01. The summed E-state index contributed by atoms with van der Waals surface area (Å²) in [5.74, 6) is -1.21. The molecule has 0 saturated carbocycles. The Bertz CT molecular complexity index is 1100. The van der Waals surface area contributed by atoms with Crippen molar-refractivity contribution in [2.45, 2.75) is 20.5 Å². The zero-order chi connectivity index (χ0) is 21.3. The average Bonchev–Trinajstić information content (AvgIpc) is 2.73. The quantitative estimate of drug-likeness (QED) is 0.643. The molecular weight excluding hydrogens is 386 g/mol. The molecule has 0 bridgehead atoms. The molecule has 1 aliphatic heterocycles. The van der Waals surface area contributed by atoms with Crippen LogP contribution in [0.5, 0.6) is 0 Å². The van der Waals surface area contributed by atoms with Gasteiger partial charge in [0.15, 0.2) is 11.6 Å². The van der Waals surface area contributed by atoms with Gasteiger partial charge in [0.25, 0.3) is 5.56 Å². The summed E-state index contributed by atoms with van der Waals surface area (Å²) in [5.41, 5.74) is 0.740. The van der Waals surface area contributed by atoms with E-state index in [4.69, 9.17) is 0 Å². The van der Waals surface area contributed by atoms with Crippen LogP contribution in [-0.4, -0.2) is 52.3 Å². The molecule has 0 N–H and O–H groups in total. The number of halogens is 2. The summed E-state index contributed by atoms with van der Waals surface area (Å²) < 4.78 is 28.7. The van der Waals surface area contributed by atoms with Gasteiger partial charge in [-0.25, -0.2) is 13.5 Å². The second-order valence-electron chi connectivity index (χ2n) is 8.28. The SMILES string of the molecule is CC(C)CN1CCN(Cn2nc(-c3ccc(F)c(F)c3)c3ccccc3c2=O)CC1. The van der Waals surface area contributed by atoms with Gasteiger partial charge in [-0.1, -0.05) is 32.0 Å². The molecule has 0 amide bonds. The van der Waals surface area contributed by atoms with Crippen LogP contribution in [0, 0.1) is 17.6 Å². The van der Waals surface area contributed by atoms with E-state index in [-0.39, 0.29) is 5.56 Å². The van der Waals surface area contributed by atoms with Crippen LogP contribution in [0.3, 0.4) is 0 Å². The summed E-state index contributed by atoms with van der Waals surface area (Å²) in [6, 6.07) is 10.9. The lowest BCUT2D eigenvalue weighted by molar-refractivity contribution is 0.0943. The first-order valence-corrected chi connectivity index (χ1v) is 10.3. The third-order valence-electron chi connectivity index (χ3n) is 5.48. The molecule has 0 unspecified atom stereocenters. The molecule has 1 saturated heterocycles. The highest BCUT2D eigenvalue weighted by Crippen LogP contribution is 2.26. The minimum Gasteiger partial charge on any atom is -0.301 e. The van der Waals surface area contributed by atoms with Gasteiger partial charge in [-0.2, -0.15) is 5.10 Å². The molecule has 1 aliphatic rings. The van der Waals surface area contributed by atoms with Crippen LogP contribution in [-0.2, 0) is 6.67 Å². The van der Waals surface area contributed by atoms with Crippen molar-refractivity contribution < 1.29 is 8.78 Å². The minimum atomic E-state index is -0.933. The van der Waals surface area contributed by atoms with Crippen LogP contribution in [0.15, 0.2) is 47.3 Å². The molecule has 1 aromatic heterocycles. The van der Waals surface area contributed by atoms with E-state index in [1.54, 1.807) is 18.2 Å². The summed E-state index contributed by atoms with van der Waals surface area (Å²) in [6.45, 7) is 9.49. The summed E-state index contributed by atoms with van der Waals surface area (Å²) in [5, 5.41) is 5.71. The Morgan fingerprint density at radius 1 is 0.933 bits per heavy atom. The summed E-state index contributed by atoms with van der Waals surface area (Å²) in [4.78, 5) is 17.7. The van der Waals surface area contributed by atoms with Gasteiger partial charge in [0, 0.05) is 43.7 Å². The fraction of sp³-hybridized carbons (Fsp3) is 0.391. The lowest BCUT2D eigenvalue weighted by atomic mass is 10.0. The van der Waals surface area contributed by atoms with Gasteiger partial charge < -0.3 is 4.90 Å². The molecule has 158 valence electrons. The van der Waals surface area contributed by atoms with Crippen molar-refractivity contribution in [2.75, 3.05) is 32.7 Å². The number of piperazine rings is 1. The van der Waals surface area contributed by atoms with E-state index in [1.807, 2.05) is 6.07 Å². The largest absolute Gasteiger partial charge is 0.301 e. The van der Waals surface area contributed by atoms with Gasteiger partial charge in [0.1, 0.15) is 0 Å². The van der Waals surface area contributed by atoms with E-state index in [9.17, 15) is 13.6 Å². The molecule has 30 heavy (non-hydrogen) atoms. The van der Waals surface area contributed by atoms with E-state index in [0.29, 0.717) is 34.6 Å². The molecule has 7 heteroatoms. The van der Waals surface area contributed by atoms with Crippen LogP contribution >= 0.6 is 0 Å².